The van der Waals surface area contributed by atoms with Crippen LogP contribution < -0.4 is 0 Å². The lowest BCUT2D eigenvalue weighted by molar-refractivity contribution is 0.911. The van der Waals surface area contributed by atoms with E-state index >= 15 is 0 Å². The largest absolute Gasteiger partial charge is 0.122 e. The van der Waals surface area contributed by atoms with Crippen LogP contribution in [0.1, 0.15) is 28.7 Å². The Bertz CT molecular complexity index is 287. The summed E-state index contributed by atoms with van der Waals surface area (Å²) in [6.07, 6.45) is 3.70. The van der Waals surface area contributed by atoms with E-state index in [1.54, 1.807) is 0 Å². The summed E-state index contributed by atoms with van der Waals surface area (Å²) in [6.45, 7) is 0. The summed E-state index contributed by atoms with van der Waals surface area (Å²) in [4.78, 5) is 0. The molecule has 0 aliphatic heterocycles. The number of aryl methyl sites for hydroxylation is 2. The molecular formula is C11H12Cl2. The molecule has 1 aliphatic rings. The summed E-state index contributed by atoms with van der Waals surface area (Å²) in [5.74, 6) is 1.16. The fourth-order valence-corrected chi connectivity index (χ4v) is 2.47. The molecule has 0 aromatic heterocycles. The summed E-state index contributed by atoms with van der Waals surface area (Å²) < 4.78 is 0. The van der Waals surface area contributed by atoms with Gasteiger partial charge in [0.05, 0.1) is 0 Å². The zero-order chi connectivity index (χ0) is 9.26. The molecule has 0 N–H and O–H groups in total. The smallest absolute Gasteiger partial charge is 0.0477 e. The highest BCUT2D eigenvalue weighted by Crippen LogP contribution is 2.27. The molecule has 0 spiro atoms. The maximum absolute atomic E-state index is 5.85. The van der Waals surface area contributed by atoms with Crippen molar-refractivity contribution in [3.05, 3.63) is 34.4 Å². The summed E-state index contributed by atoms with van der Waals surface area (Å²) in [7, 11) is 0. The Labute approximate surface area is 88.9 Å². The molecule has 0 fully saturated rings. The average molecular weight is 215 g/mol. The van der Waals surface area contributed by atoms with Crippen molar-refractivity contribution in [2.45, 2.75) is 31.0 Å². The number of benzene rings is 1. The number of hydrogen-bond donors (Lipinski definition) is 0. The van der Waals surface area contributed by atoms with Crippen LogP contribution in [0, 0.1) is 0 Å². The maximum Gasteiger partial charge on any atom is 0.0477 e. The monoisotopic (exact) mass is 214 g/mol. The van der Waals surface area contributed by atoms with E-state index in [1.165, 1.54) is 41.5 Å². The molecule has 0 saturated heterocycles. The van der Waals surface area contributed by atoms with Crippen LogP contribution in [0.4, 0.5) is 0 Å². The number of fused-ring (bicyclic) bond motifs is 1. The SMILES string of the molecule is ClCc1cc2c(cc1CCl)CCC2. The van der Waals surface area contributed by atoms with Crippen molar-refractivity contribution in [2.24, 2.45) is 0 Å². The van der Waals surface area contributed by atoms with Gasteiger partial charge in [-0.2, -0.15) is 0 Å². The minimum atomic E-state index is 0.579. The maximum atomic E-state index is 5.85. The van der Waals surface area contributed by atoms with Crippen LogP contribution in [0.25, 0.3) is 0 Å². The highest BCUT2D eigenvalue weighted by molar-refractivity contribution is 6.18. The molecular weight excluding hydrogens is 203 g/mol. The molecule has 1 aliphatic carbocycles. The van der Waals surface area contributed by atoms with Gasteiger partial charge in [0, 0.05) is 11.8 Å². The van der Waals surface area contributed by atoms with Crippen molar-refractivity contribution in [3.63, 3.8) is 0 Å². The Morgan fingerprint density at radius 2 is 1.38 bits per heavy atom. The van der Waals surface area contributed by atoms with Gasteiger partial charge in [0.25, 0.3) is 0 Å². The molecule has 13 heavy (non-hydrogen) atoms. The lowest BCUT2D eigenvalue weighted by Crippen LogP contribution is -1.93. The van der Waals surface area contributed by atoms with Crippen molar-refractivity contribution in [2.75, 3.05) is 0 Å². The van der Waals surface area contributed by atoms with E-state index < -0.39 is 0 Å². The Balaban J connectivity index is 2.47. The number of halogens is 2. The van der Waals surface area contributed by atoms with E-state index in [0.29, 0.717) is 11.8 Å². The van der Waals surface area contributed by atoms with Crippen molar-refractivity contribution in [1.82, 2.24) is 0 Å². The van der Waals surface area contributed by atoms with E-state index in [-0.39, 0.29) is 0 Å². The summed E-state index contributed by atoms with van der Waals surface area (Å²) in [5, 5.41) is 0. The van der Waals surface area contributed by atoms with Crippen molar-refractivity contribution in [1.29, 1.82) is 0 Å². The number of alkyl halides is 2. The summed E-state index contributed by atoms with van der Waals surface area (Å²) >= 11 is 11.7. The number of rotatable bonds is 2. The normalized spacial score (nSPS) is 14.6. The zero-order valence-corrected chi connectivity index (χ0v) is 8.96. The molecule has 1 aromatic carbocycles. The number of hydrogen-bond acceptors (Lipinski definition) is 0. The van der Waals surface area contributed by atoms with Gasteiger partial charge in [-0.25, -0.2) is 0 Å². The first kappa shape index (κ1) is 9.36. The molecule has 0 heterocycles. The second-order valence-corrected chi connectivity index (χ2v) is 4.04. The van der Waals surface area contributed by atoms with Gasteiger partial charge in [0.2, 0.25) is 0 Å². The Morgan fingerprint density at radius 1 is 0.923 bits per heavy atom. The fourth-order valence-electron chi connectivity index (χ4n) is 1.97. The van der Waals surface area contributed by atoms with E-state index in [2.05, 4.69) is 12.1 Å². The fraction of sp³-hybridized carbons (Fsp3) is 0.455. The van der Waals surface area contributed by atoms with Crippen LogP contribution >= 0.6 is 23.2 Å². The van der Waals surface area contributed by atoms with Crippen LogP contribution in [0.3, 0.4) is 0 Å². The van der Waals surface area contributed by atoms with Crippen molar-refractivity contribution >= 4 is 23.2 Å². The van der Waals surface area contributed by atoms with Gasteiger partial charge in [-0.3, -0.25) is 0 Å². The molecule has 1 aromatic rings. The Hall–Kier alpha value is -0.200. The lowest BCUT2D eigenvalue weighted by atomic mass is 10.0. The third-order valence-corrected chi connectivity index (χ3v) is 3.28. The molecule has 0 atom stereocenters. The third-order valence-electron chi connectivity index (χ3n) is 2.70. The second kappa shape index (κ2) is 3.89. The van der Waals surface area contributed by atoms with Gasteiger partial charge in [-0.15, -0.1) is 23.2 Å². The Kier molecular flexibility index (Phi) is 2.80. The topological polar surface area (TPSA) is 0 Å². The van der Waals surface area contributed by atoms with Gasteiger partial charge in [0.15, 0.2) is 0 Å². The lowest BCUT2D eigenvalue weighted by Gasteiger charge is -2.07. The van der Waals surface area contributed by atoms with Crippen molar-refractivity contribution < 1.29 is 0 Å². The van der Waals surface area contributed by atoms with Crippen molar-refractivity contribution in [3.8, 4) is 0 Å². The molecule has 0 saturated carbocycles. The van der Waals surface area contributed by atoms with Crippen LogP contribution in [-0.4, -0.2) is 0 Å². The third kappa shape index (κ3) is 1.70. The van der Waals surface area contributed by atoms with Crippen LogP contribution in [0.15, 0.2) is 12.1 Å². The minimum absolute atomic E-state index is 0.579. The van der Waals surface area contributed by atoms with Crippen LogP contribution in [-0.2, 0) is 24.6 Å². The molecule has 0 bridgehead atoms. The Morgan fingerprint density at radius 3 is 1.77 bits per heavy atom. The first-order valence-corrected chi connectivity index (χ1v) is 5.67. The van der Waals surface area contributed by atoms with Gasteiger partial charge < -0.3 is 0 Å². The summed E-state index contributed by atoms with van der Waals surface area (Å²) in [6, 6.07) is 4.46. The average Bonchev–Trinajstić information content (AvgIpc) is 2.62. The summed E-state index contributed by atoms with van der Waals surface area (Å²) in [5.41, 5.74) is 5.36. The highest BCUT2D eigenvalue weighted by atomic mass is 35.5. The minimum Gasteiger partial charge on any atom is -0.122 e. The van der Waals surface area contributed by atoms with Gasteiger partial charge in [0.1, 0.15) is 0 Å². The van der Waals surface area contributed by atoms with Crippen LogP contribution in [0.5, 0.6) is 0 Å². The first-order valence-electron chi connectivity index (χ1n) is 4.60. The van der Waals surface area contributed by atoms with Gasteiger partial charge >= 0.3 is 0 Å². The quantitative estimate of drug-likeness (QED) is 0.660. The molecule has 2 rings (SSSR count). The van der Waals surface area contributed by atoms with E-state index in [9.17, 15) is 0 Å². The van der Waals surface area contributed by atoms with E-state index in [4.69, 9.17) is 23.2 Å². The van der Waals surface area contributed by atoms with Crippen LogP contribution in [0.2, 0.25) is 0 Å². The second-order valence-electron chi connectivity index (χ2n) is 3.51. The molecule has 2 heteroatoms. The van der Waals surface area contributed by atoms with E-state index in [0.717, 1.165) is 0 Å². The van der Waals surface area contributed by atoms with E-state index in [1.807, 2.05) is 0 Å². The first-order chi connectivity index (χ1) is 6.35. The highest BCUT2D eigenvalue weighted by Gasteiger charge is 2.13. The standard InChI is InChI=1S/C11H12Cl2/c12-6-10-4-8-2-1-3-9(8)5-11(10)7-13/h4-5H,1-3,6-7H2. The van der Waals surface area contributed by atoms with Gasteiger partial charge in [-0.1, -0.05) is 12.1 Å². The molecule has 0 nitrogen and oxygen atoms in total. The molecule has 70 valence electrons. The predicted octanol–water partition coefficient (Wildman–Crippen LogP) is 3.65. The predicted molar refractivity (Wildman–Crippen MR) is 57.6 cm³/mol. The molecule has 0 amide bonds. The zero-order valence-electron chi connectivity index (χ0n) is 7.45. The van der Waals surface area contributed by atoms with Gasteiger partial charge in [-0.05, 0) is 41.5 Å². The molecule has 0 radical (unpaired) electrons. The molecule has 0 unspecified atom stereocenters.